The van der Waals surface area contributed by atoms with Crippen LogP contribution < -0.4 is 10.9 Å². The topological polar surface area (TPSA) is 61.4 Å². The SMILES string of the molecule is O=C(O)/C=C/c1ccc(/C(=C(\c2ccccc2F)C2CCC2)c2ccc3c(c2)C(F)NN3)cc1. The molecule has 1 heterocycles. The third-order valence-electron chi connectivity index (χ3n) is 6.51. The lowest BCUT2D eigenvalue weighted by molar-refractivity contribution is -0.131. The van der Waals surface area contributed by atoms with Crippen molar-refractivity contribution < 1.29 is 18.7 Å². The maximum atomic E-state index is 15.1. The predicted molar refractivity (Wildman–Crippen MR) is 130 cm³/mol. The summed E-state index contributed by atoms with van der Waals surface area (Å²) in [5.41, 5.74) is 11.4. The van der Waals surface area contributed by atoms with Gasteiger partial charge in [-0.1, -0.05) is 55.0 Å². The van der Waals surface area contributed by atoms with Crippen molar-refractivity contribution in [1.29, 1.82) is 0 Å². The Bertz CT molecular complexity index is 1290. The highest BCUT2D eigenvalue weighted by molar-refractivity contribution is 6.00. The minimum absolute atomic E-state index is 0.198. The van der Waals surface area contributed by atoms with E-state index in [1.807, 2.05) is 48.5 Å². The van der Waals surface area contributed by atoms with Gasteiger partial charge in [0.2, 0.25) is 0 Å². The van der Waals surface area contributed by atoms with Crippen LogP contribution in [-0.2, 0) is 4.79 Å². The zero-order valence-corrected chi connectivity index (χ0v) is 18.4. The van der Waals surface area contributed by atoms with E-state index in [2.05, 4.69) is 10.9 Å². The highest BCUT2D eigenvalue weighted by atomic mass is 19.1. The van der Waals surface area contributed by atoms with Gasteiger partial charge < -0.3 is 10.5 Å². The molecule has 1 saturated carbocycles. The van der Waals surface area contributed by atoms with Crippen LogP contribution >= 0.6 is 0 Å². The number of carbonyl (C=O) groups is 1. The molecule has 0 aromatic heterocycles. The quantitative estimate of drug-likeness (QED) is 0.222. The molecule has 3 aromatic rings. The highest BCUT2D eigenvalue weighted by Gasteiger charge is 2.30. The fourth-order valence-electron chi connectivity index (χ4n) is 4.60. The van der Waals surface area contributed by atoms with Gasteiger partial charge in [-0.05, 0) is 70.9 Å². The zero-order valence-electron chi connectivity index (χ0n) is 18.4. The first-order valence-corrected chi connectivity index (χ1v) is 11.3. The van der Waals surface area contributed by atoms with Gasteiger partial charge in [-0.15, -0.1) is 0 Å². The molecular weight excluding hydrogens is 434 g/mol. The molecule has 1 atom stereocenters. The molecular formula is C28H24F2N2O2. The Balaban J connectivity index is 1.72. The van der Waals surface area contributed by atoms with Crippen molar-refractivity contribution in [3.05, 3.63) is 106 Å². The van der Waals surface area contributed by atoms with Crippen molar-refractivity contribution in [3.63, 3.8) is 0 Å². The maximum absolute atomic E-state index is 15.1. The number of carboxylic acid groups (broad SMARTS) is 1. The molecule has 6 heteroatoms. The molecule has 2 aliphatic rings. The summed E-state index contributed by atoms with van der Waals surface area (Å²) in [6, 6.07) is 19.9. The van der Waals surface area contributed by atoms with E-state index in [0.29, 0.717) is 16.8 Å². The number of aliphatic carboxylic acids is 1. The largest absolute Gasteiger partial charge is 0.478 e. The van der Waals surface area contributed by atoms with Crippen LogP contribution in [0.5, 0.6) is 0 Å². The van der Waals surface area contributed by atoms with Crippen LogP contribution in [-0.4, -0.2) is 11.1 Å². The van der Waals surface area contributed by atoms with E-state index in [1.165, 1.54) is 12.1 Å². The number of hydrazine groups is 1. The molecule has 1 aliphatic carbocycles. The number of benzene rings is 3. The Morgan fingerprint density at radius 3 is 2.41 bits per heavy atom. The summed E-state index contributed by atoms with van der Waals surface area (Å²) in [5, 5.41) is 8.91. The second-order valence-electron chi connectivity index (χ2n) is 8.62. The molecule has 3 aromatic carbocycles. The van der Waals surface area contributed by atoms with E-state index in [0.717, 1.165) is 53.2 Å². The predicted octanol–water partition coefficient (Wildman–Crippen LogP) is 6.58. The number of nitrogens with one attached hydrogen (secondary N) is 2. The summed E-state index contributed by atoms with van der Waals surface area (Å²) in [5.74, 6) is -1.10. The molecule has 172 valence electrons. The minimum atomic E-state index is -1.33. The van der Waals surface area contributed by atoms with E-state index >= 15 is 4.39 Å². The summed E-state index contributed by atoms with van der Waals surface area (Å²) in [6.07, 6.45) is 4.30. The average Bonchev–Trinajstić information content (AvgIpc) is 3.17. The Hall–Kier alpha value is -3.77. The first kappa shape index (κ1) is 22.0. The Kier molecular flexibility index (Phi) is 5.99. The lowest BCUT2D eigenvalue weighted by atomic mass is 9.73. The molecule has 4 nitrogen and oxygen atoms in total. The second-order valence-corrected chi connectivity index (χ2v) is 8.62. The van der Waals surface area contributed by atoms with Crippen LogP contribution in [0.3, 0.4) is 0 Å². The third-order valence-corrected chi connectivity index (χ3v) is 6.51. The van der Waals surface area contributed by atoms with E-state index in [9.17, 15) is 9.18 Å². The van der Waals surface area contributed by atoms with Crippen molar-refractivity contribution in [3.8, 4) is 0 Å². The van der Waals surface area contributed by atoms with Crippen LogP contribution in [0.1, 0.15) is 53.4 Å². The maximum Gasteiger partial charge on any atom is 0.328 e. The van der Waals surface area contributed by atoms with Gasteiger partial charge in [0.05, 0.1) is 5.69 Å². The molecule has 34 heavy (non-hydrogen) atoms. The molecule has 1 aliphatic heterocycles. The lowest BCUT2D eigenvalue weighted by Crippen LogP contribution is -2.16. The molecule has 5 rings (SSSR count). The number of halogens is 2. The molecule has 0 spiro atoms. The van der Waals surface area contributed by atoms with Crippen LogP contribution in [0.2, 0.25) is 0 Å². The molecule has 0 bridgehead atoms. The van der Waals surface area contributed by atoms with Crippen molar-refractivity contribution in [2.75, 3.05) is 5.43 Å². The van der Waals surface area contributed by atoms with Gasteiger partial charge in [-0.2, -0.15) is 0 Å². The monoisotopic (exact) mass is 458 g/mol. The van der Waals surface area contributed by atoms with E-state index in [4.69, 9.17) is 5.11 Å². The lowest BCUT2D eigenvalue weighted by Gasteiger charge is -2.32. The van der Waals surface area contributed by atoms with Gasteiger partial charge in [0.15, 0.2) is 6.30 Å². The van der Waals surface area contributed by atoms with Gasteiger partial charge in [-0.25, -0.2) is 19.0 Å². The van der Waals surface area contributed by atoms with Crippen LogP contribution in [0.4, 0.5) is 14.5 Å². The first-order valence-electron chi connectivity index (χ1n) is 11.3. The molecule has 0 amide bonds. The standard InChI is InChI=1S/C28H24F2N2O2/c29-23-7-2-1-6-21(23)27(18-4-3-5-18)26(19-11-8-17(9-12-19)10-15-25(33)34)20-13-14-24-22(16-20)28(30)32-31-24/h1-2,6-16,18,28,31-32H,3-5H2,(H,33,34)/b15-10+,27-26+. The van der Waals surface area contributed by atoms with Crippen molar-refractivity contribution in [1.82, 2.24) is 5.43 Å². The van der Waals surface area contributed by atoms with Gasteiger partial charge in [0.1, 0.15) is 5.82 Å². The minimum Gasteiger partial charge on any atom is -0.478 e. The zero-order chi connectivity index (χ0) is 23.7. The average molecular weight is 459 g/mol. The van der Waals surface area contributed by atoms with Gasteiger partial charge >= 0.3 is 5.97 Å². The summed E-state index contributed by atoms with van der Waals surface area (Å²) in [7, 11) is 0. The Labute approximate surface area is 196 Å². The first-order chi connectivity index (χ1) is 16.5. The van der Waals surface area contributed by atoms with Gasteiger partial charge in [0.25, 0.3) is 0 Å². The second kappa shape index (κ2) is 9.23. The van der Waals surface area contributed by atoms with Crippen LogP contribution in [0.15, 0.2) is 72.8 Å². The summed E-state index contributed by atoms with van der Waals surface area (Å²) in [4.78, 5) is 10.9. The van der Waals surface area contributed by atoms with E-state index in [1.54, 1.807) is 12.1 Å². The molecule has 0 radical (unpaired) electrons. The highest BCUT2D eigenvalue weighted by Crippen LogP contribution is 2.46. The van der Waals surface area contributed by atoms with Crippen molar-refractivity contribution >= 4 is 28.9 Å². The van der Waals surface area contributed by atoms with Crippen LogP contribution in [0, 0.1) is 11.7 Å². The number of anilines is 1. The van der Waals surface area contributed by atoms with Crippen LogP contribution in [0.25, 0.3) is 17.2 Å². The van der Waals surface area contributed by atoms with Crippen molar-refractivity contribution in [2.24, 2.45) is 5.92 Å². The Morgan fingerprint density at radius 2 is 1.74 bits per heavy atom. The van der Waals surface area contributed by atoms with Gasteiger partial charge in [0, 0.05) is 17.2 Å². The number of alkyl halides is 1. The normalized spacial score (nSPS) is 18.2. The summed E-state index contributed by atoms with van der Waals surface area (Å²) in [6.45, 7) is 0. The van der Waals surface area contributed by atoms with E-state index < -0.39 is 12.3 Å². The number of hydrogen-bond acceptors (Lipinski definition) is 3. The number of hydrogen-bond donors (Lipinski definition) is 3. The van der Waals surface area contributed by atoms with Crippen molar-refractivity contribution in [2.45, 2.75) is 25.6 Å². The Morgan fingerprint density at radius 1 is 1.00 bits per heavy atom. The molecule has 0 saturated heterocycles. The number of carboxylic acids is 1. The summed E-state index contributed by atoms with van der Waals surface area (Å²) >= 11 is 0. The fourth-order valence-corrected chi connectivity index (χ4v) is 4.60. The number of fused-ring (bicyclic) bond motifs is 1. The summed E-state index contributed by atoms with van der Waals surface area (Å²) < 4.78 is 29.6. The van der Waals surface area contributed by atoms with Gasteiger partial charge in [-0.3, -0.25) is 0 Å². The third kappa shape index (κ3) is 4.24. The molecule has 1 unspecified atom stereocenters. The fraction of sp³-hybridized carbons (Fsp3) is 0.179. The molecule has 1 fully saturated rings. The van der Waals surface area contributed by atoms with E-state index in [-0.39, 0.29) is 11.7 Å². The smallest absolute Gasteiger partial charge is 0.328 e. The number of rotatable bonds is 6. The number of allylic oxidation sites excluding steroid dienone is 1. The molecule has 3 N–H and O–H groups in total.